The van der Waals surface area contributed by atoms with Gasteiger partial charge >= 0.3 is 5.97 Å². The quantitative estimate of drug-likeness (QED) is 0.253. The molecule has 0 saturated heterocycles. The van der Waals surface area contributed by atoms with Crippen molar-refractivity contribution in [1.29, 1.82) is 0 Å². The molecule has 11 heteroatoms. The van der Waals surface area contributed by atoms with Crippen LogP contribution in [0.4, 0.5) is 5.69 Å². The minimum Gasteiger partial charge on any atom is -0.493 e. The van der Waals surface area contributed by atoms with Gasteiger partial charge in [-0.05, 0) is 33.6 Å². The highest BCUT2D eigenvalue weighted by atomic mass is 79.9. The van der Waals surface area contributed by atoms with Gasteiger partial charge in [0.15, 0.2) is 18.1 Å². The standard InChI is InChI=1S/C19H18BrN3O7/c1-28-16-8-12(7-14(20)19(16)30-11-18(25)29-2)10-21-22-17(24)9-13-5-3-4-6-15(13)23(26)27/h3-8,10H,9,11H2,1-2H3,(H,22,24). The van der Waals surface area contributed by atoms with E-state index in [1.807, 2.05) is 0 Å². The van der Waals surface area contributed by atoms with Crippen LogP contribution in [0.15, 0.2) is 46.0 Å². The van der Waals surface area contributed by atoms with E-state index in [0.717, 1.165) is 0 Å². The van der Waals surface area contributed by atoms with Crippen molar-refractivity contribution in [2.75, 3.05) is 20.8 Å². The van der Waals surface area contributed by atoms with E-state index < -0.39 is 16.8 Å². The van der Waals surface area contributed by atoms with Gasteiger partial charge in [-0.15, -0.1) is 0 Å². The number of hydrogen-bond acceptors (Lipinski definition) is 8. The van der Waals surface area contributed by atoms with E-state index in [4.69, 9.17) is 9.47 Å². The molecule has 0 bridgehead atoms. The summed E-state index contributed by atoms with van der Waals surface area (Å²) in [7, 11) is 2.68. The van der Waals surface area contributed by atoms with Crippen molar-refractivity contribution in [2.24, 2.45) is 5.10 Å². The van der Waals surface area contributed by atoms with Crippen LogP contribution in [0.2, 0.25) is 0 Å². The van der Waals surface area contributed by atoms with Crippen molar-refractivity contribution in [3.8, 4) is 11.5 Å². The SMILES string of the molecule is COC(=O)COc1c(Br)cc(C=NNC(=O)Cc2ccccc2[N+](=O)[O-])cc1OC. The average Bonchev–Trinajstić information content (AvgIpc) is 2.72. The smallest absolute Gasteiger partial charge is 0.343 e. The van der Waals surface area contributed by atoms with Crippen LogP contribution in [-0.4, -0.2) is 43.8 Å². The van der Waals surface area contributed by atoms with E-state index in [1.54, 1.807) is 18.2 Å². The molecule has 2 rings (SSSR count). The summed E-state index contributed by atoms with van der Waals surface area (Å²) in [4.78, 5) is 33.8. The van der Waals surface area contributed by atoms with Crippen molar-refractivity contribution < 1.29 is 28.7 Å². The highest BCUT2D eigenvalue weighted by molar-refractivity contribution is 9.10. The Hall–Kier alpha value is -3.47. The summed E-state index contributed by atoms with van der Waals surface area (Å²) in [6.45, 7) is -0.291. The van der Waals surface area contributed by atoms with E-state index in [-0.39, 0.29) is 24.3 Å². The Bertz CT molecular complexity index is 979. The van der Waals surface area contributed by atoms with Crippen molar-refractivity contribution in [2.45, 2.75) is 6.42 Å². The van der Waals surface area contributed by atoms with Gasteiger partial charge in [0, 0.05) is 11.6 Å². The zero-order valence-corrected chi connectivity index (χ0v) is 17.7. The molecule has 158 valence electrons. The van der Waals surface area contributed by atoms with Gasteiger partial charge in [-0.2, -0.15) is 5.10 Å². The summed E-state index contributed by atoms with van der Waals surface area (Å²) in [6.07, 6.45) is 1.18. The van der Waals surface area contributed by atoms with Crippen LogP contribution in [0.25, 0.3) is 0 Å². The Labute approximate surface area is 180 Å². The number of hydrogen-bond donors (Lipinski definition) is 1. The van der Waals surface area contributed by atoms with Crippen LogP contribution in [0.5, 0.6) is 11.5 Å². The van der Waals surface area contributed by atoms with Gasteiger partial charge in [0.2, 0.25) is 5.91 Å². The van der Waals surface area contributed by atoms with Crippen LogP contribution in [0, 0.1) is 10.1 Å². The van der Waals surface area contributed by atoms with Crippen LogP contribution < -0.4 is 14.9 Å². The third kappa shape index (κ3) is 6.27. The van der Waals surface area contributed by atoms with E-state index in [9.17, 15) is 19.7 Å². The summed E-state index contributed by atoms with van der Waals surface area (Å²) in [5.41, 5.74) is 3.04. The van der Waals surface area contributed by atoms with Gasteiger partial charge < -0.3 is 14.2 Å². The molecule has 0 atom stereocenters. The third-order valence-corrected chi connectivity index (χ3v) is 4.35. The molecule has 1 N–H and O–H groups in total. The number of carbonyl (C=O) groups is 2. The highest BCUT2D eigenvalue weighted by Gasteiger charge is 2.15. The summed E-state index contributed by atoms with van der Waals surface area (Å²) in [5.74, 6) is -0.415. The number of halogens is 1. The number of nitrogens with one attached hydrogen (secondary N) is 1. The van der Waals surface area contributed by atoms with E-state index in [2.05, 4.69) is 31.2 Å². The number of nitro groups is 1. The lowest BCUT2D eigenvalue weighted by atomic mass is 10.1. The molecule has 10 nitrogen and oxygen atoms in total. The molecule has 30 heavy (non-hydrogen) atoms. The van der Waals surface area contributed by atoms with Gasteiger partial charge in [-0.25, -0.2) is 10.2 Å². The highest BCUT2D eigenvalue weighted by Crippen LogP contribution is 2.36. The number of nitro benzene ring substituents is 1. The van der Waals surface area contributed by atoms with Crippen LogP contribution in [-0.2, 0) is 20.7 Å². The van der Waals surface area contributed by atoms with E-state index >= 15 is 0 Å². The molecular formula is C19H18BrN3O7. The fourth-order valence-electron chi connectivity index (χ4n) is 2.37. The molecule has 0 saturated carbocycles. The fourth-order valence-corrected chi connectivity index (χ4v) is 2.95. The van der Waals surface area contributed by atoms with Gasteiger partial charge in [0.25, 0.3) is 5.69 Å². The monoisotopic (exact) mass is 479 g/mol. The molecule has 0 aliphatic heterocycles. The molecular weight excluding hydrogens is 462 g/mol. The number of nitrogens with zero attached hydrogens (tertiary/aromatic N) is 2. The zero-order chi connectivity index (χ0) is 22.1. The summed E-state index contributed by atoms with van der Waals surface area (Å²) < 4.78 is 15.7. The predicted octanol–water partition coefficient (Wildman–Crippen LogP) is 2.61. The second-order valence-corrected chi connectivity index (χ2v) is 6.61. The number of methoxy groups -OCH3 is 2. The number of rotatable bonds is 9. The number of amides is 1. The number of esters is 1. The first-order valence-electron chi connectivity index (χ1n) is 8.47. The Morgan fingerprint density at radius 2 is 2.00 bits per heavy atom. The maximum atomic E-state index is 12.1. The lowest BCUT2D eigenvalue weighted by Gasteiger charge is -2.12. The summed E-state index contributed by atoms with van der Waals surface area (Å²) in [6, 6.07) is 9.23. The Morgan fingerprint density at radius 3 is 2.67 bits per heavy atom. The van der Waals surface area contributed by atoms with Crippen molar-refractivity contribution in [3.05, 3.63) is 62.1 Å². The Kier molecular flexibility index (Phi) is 8.29. The second-order valence-electron chi connectivity index (χ2n) is 5.75. The van der Waals surface area contributed by atoms with E-state index in [1.165, 1.54) is 38.6 Å². The molecule has 2 aromatic carbocycles. The van der Waals surface area contributed by atoms with Crippen LogP contribution in [0.1, 0.15) is 11.1 Å². The number of hydrazone groups is 1. The molecule has 0 radical (unpaired) electrons. The molecule has 1 amide bonds. The Morgan fingerprint density at radius 1 is 1.27 bits per heavy atom. The number of ether oxygens (including phenoxy) is 3. The van der Waals surface area contributed by atoms with Crippen LogP contribution in [0.3, 0.4) is 0 Å². The minimum atomic E-state index is -0.545. The molecule has 0 fully saturated rings. The molecule has 0 unspecified atom stereocenters. The Balaban J connectivity index is 2.05. The number of carbonyl (C=O) groups excluding carboxylic acids is 2. The predicted molar refractivity (Wildman–Crippen MR) is 111 cm³/mol. The fraction of sp³-hybridized carbons (Fsp3) is 0.211. The lowest BCUT2D eigenvalue weighted by Crippen LogP contribution is -2.20. The van der Waals surface area contributed by atoms with Gasteiger partial charge in [-0.3, -0.25) is 14.9 Å². The molecule has 0 aliphatic carbocycles. The second kappa shape index (κ2) is 10.9. The van der Waals surface area contributed by atoms with Crippen molar-refractivity contribution >= 4 is 39.7 Å². The maximum Gasteiger partial charge on any atom is 0.343 e. The number of para-hydroxylation sites is 1. The lowest BCUT2D eigenvalue weighted by molar-refractivity contribution is -0.385. The molecule has 0 spiro atoms. The minimum absolute atomic E-state index is 0.132. The largest absolute Gasteiger partial charge is 0.493 e. The molecule has 0 aromatic heterocycles. The summed E-state index contributed by atoms with van der Waals surface area (Å²) in [5, 5.41) is 14.9. The maximum absolute atomic E-state index is 12.1. The summed E-state index contributed by atoms with van der Waals surface area (Å²) >= 11 is 3.33. The topological polar surface area (TPSA) is 129 Å². The van der Waals surface area contributed by atoms with Crippen molar-refractivity contribution in [1.82, 2.24) is 5.43 Å². The third-order valence-electron chi connectivity index (χ3n) is 3.76. The van der Waals surface area contributed by atoms with E-state index in [0.29, 0.717) is 21.5 Å². The molecule has 2 aromatic rings. The first kappa shape index (κ1) is 22.8. The average molecular weight is 480 g/mol. The molecule has 0 heterocycles. The van der Waals surface area contributed by atoms with Crippen LogP contribution >= 0.6 is 15.9 Å². The number of benzene rings is 2. The van der Waals surface area contributed by atoms with Gasteiger partial charge in [0.1, 0.15) is 0 Å². The van der Waals surface area contributed by atoms with Gasteiger partial charge in [-0.1, -0.05) is 18.2 Å². The van der Waals surface area contributed by atoms with Crippen molar-refractivity contribution in [3.63, 3.8) is 0 Å². The first-order valence-corrected chi connectivity index (χ1v) is 9.26. The molecule has 0 aliphatic rings. The zero-order valence-electron chi connectivity index (χ0n) is 16.1. The normalized spacial score (nSPS) is 10.5. The first-order chi connectivity index (χ1) is 14.3. The van der Waals surface area contributed by atoms with Gasteiger partial charge in [0.05, 0.1) is 36.3 Å².